The summed E-state index contributed by atoms with van der Waals surface area (Å²) in [5.74, 6) is -0.942. The number of aromatic nitrogens is 1. The molecule has 2 aromatic rings. The Balaban J connectivity index is 1.83. The molecule has 1 N–H and O–H groups in total. The first-order valence-electron chi connectivity index (χ1n) is 6.67. The van der Waals surface area contributed by atoms with Gasteiger partial charge in [0.25, 0.3) is 0 Å². The van der Waals surface area contributed by atoms with Crippen LogP contribution in [-0.4, -0.2) is 29.1 Å². The van der Waals surface area contributed by atoms with E-state index in [1.54, 1.807) is 0 Å². The van der Waals surface area contributed by atoms with Crippen molar-refractivity contribution in [1.29, 1.82) is 0 Å². The summed E-state index contributed by atoms with van der Waals surface area (Å²) < 4.78 is 0. The highest BCUT2D eigenvalue weighted by Gasteiger charge is 2.20. The summed E-state index contributed by atoms with van der Waals surface area (Å²) in [6, 6.07) is 8.50. The monoisotopic (exact) mass is 288 g/mol. The SMILES string of the molecule is Cc1sc(N2CCc3ccccc3CC2)nc1C(=O)O. The minimum Gasteiger partial charge on any atom is -0.476 e. The molecule has 0 spiro atoms. The highest BCUT2D eigenvalue weighted by atomic mass is 32.1. The number of rotatable bonds is 2. The van der Waals surface area contributed by atoms with Crippen LogP contribution in [0.5, 0.6) is 0 Å². The first-order chi connectivity index (χ1) is 9.65. The van der Waals surface area contributed by atoms with Crippen molar-refractivity contribution in [2.75, 3.05) is 18.0 Å². The average Bonchev–Trinajstić information content (AvgIpc) is 2.70. The van der Waals surface area contributed by atoms with Gasteiger partial charge in [0.05, 0.1) is 0 Å². The molecule has 0 amide bonds. The molecule has 104 valence electrons. The molecule has 0 radical (unpaired) electrons. The first-order valence-corrected chi connectivity index (χ1v) is 7.49. The van der Waals surface area contributed by atoms with E-state index in [9.17, 15) is 4.79 Å². The molecular formula is C15H16N2O2S. The third-order valence-corrected chi connectivity index (χ3v) is 4.71. The Hall–Kier alpha value is -1.88. The summed E-state index contributed by atoms with van der Waals surface area (Å²) in [6.07, 6.45) is 1.97. The predicted molar refractivity (Wildman–Crippen MR) is 79.9 cm³/mol. The number of aryl methyl sites for hydroxylation is 1. The summed E-state index contributed by atoms with van der Waals surface area (Å²) >= 11 is 1.47. The van der Waals surface area contributed by atoms with Crippen LogP contribution in [0.1, 0.15) is 26.5 Å². The van der Waals surface area contributed by atoms with Crippen LogP contribution in [0.2, 0.25) is 0 Å². The zero-order valence-electron chi connectivity index (χ0n) is 11.3. The summed E-state index contributed by atoms with van der Waals surface area (Å²) in [7, 11) is 0. The number of benzene rings is 1. The van der Waals surface area contributed by atoms with Crippen molar-refractivity contribution in [2.45, 2.75) is 19.8 Å². The number of hydrogen-bond acceptors (Lipinski definition) is 4. The van der Waals surface area contributed by atoms with Gasteiger partial charge >= 0.3 is 5.97 Å². The van der Waals surface area contributed by atoms with Gasteiger partial charge in [-0.05, 0) is 30.9 Å². The molecule has 3 rings (SSSR count). The largest absolute Gasteiger partial charge is 0.476 e. The van der Waals surface area contributed by atoms with Crippen LogP contribution in [0.3, 0.4) is 0 Å². The number of carboxylic acid groups (broad SMARTS) is 1. The Labute approximate surface area is 121 Å². The smallest absolute Gasteiger partial charge is 0.355 e. The molecule has 0 fully saturated rings. The van der Waals surface area contributed by atoms with Gasteiger partial charge in [0.2, 0.25) is 0 Å². The van der Waals surface area contributed by atoms with E-state index in [0.29, 0.717) is 0 Å². The fourth-order valence-corrected chi connectivity index (χ4v) is 3.53. The van der Waals surface area contributed by atoms with Crippen molar-refractivity contribution in [2.24, 2.45) is 0 Å². The molecule has 0 saturated heterocycles. The molecule has 1 aromatic heterocycles. The Morgan fingerprint density at radius 2 is 1.85 bits per heavy atom. The molecular weight excluding hydrogens is 272 g/mol. The molecule has 5 heteroatoms. The maximum absolute atomic E-state index is 11.1. The van der Waals surface area contributed by atoms with Gasteiger partial charge in [-0.25, -0.2) is 9.78 Å². The highest BCUT2D eigenvalue weighted by Crippen LogP contribution is 2.27. The van der Waals surface area contributed by atoms with Crippen molar-refractivity contribution in [3.8, 4) is 0 Å². The number of hydrogen-bond donors (Lipinski definition) is 1. The van der Waals surface area contributed by atoms with Crippen LogP contribution >= 0.6 is 11.3 Å². The van der Waals surface area contributed by atoms with Crippen LogP contribution in [0.15, 0.2) is 24.3 Å². The van der Waals surface area contributed by atoms with E-state index < -0.39 is 5.97 Å². The second kappa shape index (κ2) is 5.25. The third kappa shape index (κ3) is 2.41. The summed E-state index contributed by atoms with van der Waals surface area (Å²) in [5.41, 5.74) is 2.97. The van der Waals surface area contributed by atoms with Crippen molar-refractivity contribution in [3.05, 3.63) is 46.0 Å². The van der Waals surface area contributed by atoms with Gasteiger partial charge in [0.15, 0.2) is 10.8 Å². The lowest BCUT2D eigenvalue weighted by Gasteiger charge is -2.18. The predicted octanol–water partition coefficient (Wildman–Crippen LogP) is 2.75. The lowest BCUT2D eigenvalue weighted by Crippen LogP contribution is -2.25. The van der Waals surface area contributed by atoms with Crippen molar-refractivity contribution >= 4 is 22.4 Å². The van der Waals surface area contributed by atoms with E-state index in [1.807, 2.05) is 6.92 Å². The second-order valence-electron chi connectivity index (χ2n) is 4.96. The number of carbonyl (C=O) groups is 1. The van der Waals surface area contributed by atoms with Crippen LogP contribution in [0, 0.1) is 6.92 Å². The van der Waals surface area contributed by atoms with Crippen LogP contribution < -0.4 is 4.90 Å². The number of anilines is 1. The minimum absolute atomic E-state index is 0.187. The molecule has 1 aliphatic heterocycles. The molecule has 1 aromatic carbocycles. The van der Waals surface area contributed by atoms with E-state index in [4.69, 9.17) is 5.11 Å². The quantitative estimate of drug-likeness (QED) is 0.923. The molecule has 0 aliphatic carbocycles. The van der Waals surface area contributed by atoms with Gasteiger partial charge < -0.3 is 10.0 Å². The summed E-state index contributed by atoms with van der Waals surface area (Å²) in [6.45, 7) is 3.60. The van der Waals surface area contributed by atoms with Gasteiger partial charge in [-0.15, -0.1) is 11.3 Å². The number of thiazole rings is 1. The lowest BCUT2D eigenvalue weighted by molar-refractivity contribution is 0.0690. The van der Waals surface area contributed by atoms with Crippen LogP contribution in [0.4, 0.5) is 5.13 Å². The van der Waals surface area contributed by atoms with Gasteiger partial charge in [-0.2, -0.15) is 0 Å². The van der Waals surface area contributed by atoms with Gasteiger partial charge in [0.1, 0.15) is 0 Å². The summed E-state index contributed by atoms with van der Waals surface area (Å²) in [5, 5.41) is 9.93. The maximum Gasteiger partial charge on any atom is 0.355 e. The van der Waals surface area contributed by atoms with Crippen molar-refractivity contribution in [1.82, 2.24) is 4.98 Å². The molecule has 2 heterocycles. The molecule has 20 heavy (non-hydrogen) atoms. The Morgan fingerprint density at radius 3 is 2.35 bits per heavy atom. The first kappa shape index (κ1) is 13.1. The molecule has 0 atom stereocenters. The molecule has 4 nitrogen and oxygen atoms in total. The van der Waals surface area contributed by atoms with Gasteiger partial charge in [-0.3, -0.25) is 0 Å². The van der Waals surface area contributed by atoms with Gasteiger partial charge in [0, 0.05) is 18.0 Å². The van der Waals surface area contributed by atoms with Gasteiger partial charge in [-0.1, -0.05) is 24.3 Å². The fraction of sp³-hybridized carbons (Fsp3) is 0.333. The van der Waals surface area contributed by atoms with Crippen molar-refractivity contribution in [3.63, 3.8) is 0 Å². The Kier molecular flexibility index (Phi) is 3.44. The highest BCUT2D eigenvalue weighted by molar-refractivity contribution is 7.15. The van der Waals surface area contributed by atoms with E-state index in [2.05, 4.69) is 34.1 Å². The van der Waals surface area contributed by atoms with E-state index in [0.717, 1.165) is 35.9 Å². The Bertz CT molecular complexity index is 624. The number of aromatic carboxylic acids is 1. The second-order valence-corrected chi connectivity index (χ2v) is 6.14. The number of fused-ring (bicyclic) bond motifs is 1. The topological polar surface area (TPSA) is 53.4 Å². The summed E-state index contributed by atoms with van der Waals surface area (Å²) in [4.78, 5) is 18.3. The molecule has 1 aliphatic rings. The van der Waals surface area contributed by atoms with Crippen LogP contribution in [-0.2, 0) is 12.8 Å². The maximum atomic E-state index is 11.1. The minimum atomic E-state index is -0.942. The van der Waals surface area contributed by atoms with Crippen LogP contribution in [0.25, 0.3) is 0 Å². The average molecular weight is 288 g/mol. The van der Waals surface area contributed by atoms with E-state index in [1.165, 1.54) is 22.5 Å². The zero-order valence-corrected chi connectivity index (χ0v) is 12.1. The molecule has 0 bridgehead atoms. The third-order valence-electron chi connectivity index (χ3n) is 3.68. The zero-order chi connectivity index (χ0) is 14.1. The number of nitrogens with zero attached hydrogens (tertiary/aromatic N) is 2. The van der Waals surface area contributed by atoms with E-state index >= 15 is 0 Å². The number of carboxylic acids is 1. The fourth-order valence-electron chi connectivity index (χ4n) is 2.58. The molecule has 0 saturated carbocycles. The molecule has 0 unspecified atom stereocenters. The Morgan fingerprint density at radius 1 is 1.25 bits per heavy atom. The lowest BCUT2D eigenvalue weighted by atomic mass is 10.0. The van der Waals surface area contributed by atoms with E-state index in [-0.39, 0.29) is 5.69 Å². The normalized spacial score (nSPS) is 14.8. The van der Waals surface area contributed by atoms with Crippen molar-refractivity contribution < 1.29 is 9.90 Å². The standard InChI is InChI=1S/C15H16N2O2S/c1-10-13(14(18)19)16-15(20-10)17-8-6-11-4-2-3-5-12(11)7-9-17/h2-5H,6-9H2,1H3,(H,18,19).